The van der Waals surface area contributed by atoms with E-state index >= 15 is 0 Å². The lowest BCUT2D eigenvalue weighted by Gasteiger charge is -2.18. The molecule has 5 nitrogen and oxygen atoms in total. The molecule has 0 bridgehead atoms. The second-order valence-electron chi connectivity index (χ2n) is 6.28. The fourth-order valence-electron chi connectivity index (χ4n) is 3.13. The minimum absolute atomic E-state index is 0.193. The maximum Gasteiger partial charge on any atom is 0.321 e. The van der Waals surface area contributed by atoms with Gasteiger partial charge in [0.25, 0.3) is 5.91 Å². The summed E-state index contributed by atoms with van der Waals surface area (Å²) in [6.07, 6.45) is 1.88. The van der Waals surface area contributed by atoms with Crippen LogP contribution in [0.3, 0.4) is 0 Å². The molecule has 0 spiro atoms. The highest BCUT2D eigenvalue weighted by molar-refractivity contribution is 5.94. The molecule has 0 unspecified atom stereocenters. The summed E-state index contributed by atoms with van der Waals surface area (Å²) in [5.74, 6) is -1.16. The van der Waals surface area contributed by atoms with Gasteiger partial charge in [0, 0.05) is 18.8 Å². The van der Waals surface area contributed by atoms with Crippen molar-refractivity contribution in [3.8, 4) is 0 Å². The Hall–Kier alpha value is -2.89. The number of rotatable bonds is 4. The lowest BCUT2D eigenvalue weighted by Crippen LogP contribution is -2.33. The molecule has 3 rings (SSSR count). The molecule has 130 valence electrons. The second kappa shape index (κ2) is 7.34. The Kier molecular flexibility index (Phi) is 4.97. The summed E-state index contributed by atoms with van der Waals surface area (Å²) in [6, 6.07) is 13.8. The van der Waals surface area contributed by atoms with Crippen molar-refractivity contribution in [3.05, 3.63) is 65.5 Å². The van der Waals surface area contributed by atoms with E-state index in [4.69, 9.17) is 5.73 Å². The lowest BCUT2D eigenvalue weighted by molar-refractivity contribution is 0.0996. The van der Waals surface area contributed by atoms with E-state index in [1.54, 1.807) is 4.90 Å². The Morgan fingerprint density at radius 1 is 1.20 bits per heavy atom. The van der Waals surface area contributed by atoms with Gasteiger partial charge in [-0.15, -0.1) is 0 Å². The maximum absolute atomic E-state index is 13.8. The molecule has 0 aliphatic carbocycles. The van der Waals surface area contributed by atoms with Gasteiger partial charge < -0.3 is 16.0 Å². The molecular weight excluding hydrogens is 321 g/mol. The summed E-state index contributed by atoms with van der Waals surface area (Å²) >= 11 is 0. The van der Waals surface area contributed by atoms with E-state index in [0.29, 0.717) is 24.7 Å². The molecule has 1 fully saturated rings. The summed E-state index contributed by atoms with van der Waals surface area (Å²) in [7, 11) is 0. The smallest absolute Gasteiger partial charge is 0.321 e. The Morgan fingerprint density at radius 2 is 1.96 bits per heavy atom. The molecule has 25 heavy (non-hydrogen) atoms. The first-order valence-corrected chi connectivity index (χ1v) is 8.22. The van der Waals surface area contributed by atoms with E-state index in [1.807, 2.05) is 18.2 Å². The lowest BCUT2D eigenvalue weighted by atomic mass is 9.99. The number of carbonyl (C=O) groups is 2. The molecule has 1 aliphatic rings. The third kappa shape index (κ3) is 4.15. The van der Waals surface area contributed by atoms with Crippen LogP contribution in [-0.4, -0.2) is 29.9 Å². The van der Waals surface area contributed by atoms with E-state index in [1.165, 1.54) is 17.7 Å². The number of halogens is 1. The van der Waals surface area contributed by atoms with Gasteiger partial charge in [-0.2, -0.15) is 0 Å². The van der Waals surface area contributed by atoms with Crippen LogP contribution in [0, 0.1) is 11.7 Å². The highest BCUT2D eigenvalue weighted by Crippen LogP contribution is 2.22. The summed E-state index contributed by atoms with van der Waals surface area (Å²) in [4.78, 5) is 25.1. The number of benzene rings is 2. The van der Waals surface area contributed by atoms with Crippen molar-refractivity contribution in [2.24, 2.45) is 11.7 Å². The van der Waals surface area contributed by atoms with E-state index in [9.17, 15) is 14.0 Å². The SMILES string of the molecule is NC(=O)c1ccc(NC(=O)N2CC[C@@H](Cc3ccccc3)C2)cc1F. The number of likely N-dealkylation sites (tertiary alicyclic amines) is 1. The van der Waals surface area contributed by atoms with Gasteiger partial charge in [-0.1, -0.05) is 30.3 Å². The Morgan fingerprint density at radius 3 is 2.64 bits per heavy atom. The van der Waals surface area contributed by atoms with Gasteiger partial charge in [0.1, 0.15) is 5.82 Å². The maximum atomic E-state index is 13.8. The minimum Gasteiger partial charge on any atom is -0.366 e. The van der Waals surface area contributed by atoms with Gasteiger partial charge in [-0.05, 0) is 42.5 Å². The van der Waals surface area contributed by atoms with Gasteiger partial charge in [0.15, 0.2) is 0 Å². The average molecular weight is 341 g/mol. The number of hydrogen-bond donors (Lipinski definition) is 2. The summed E-state index contributed by atoms with van der Waals surface area (Å²) in [5.41, 5.74) is 6.44. The first-order chi connectivity index (χ1) is 12.0. The average Bonchev–Trinajstić information content (AvgIpc) is 3.04. The van der Waals surface area contributed by atoms with Crippen molar-refractivity contribution in [1.82, 2.24) is 4.90 Å². The molecule has 1 atom stereocenters. The molecule has 6 heteroatoms. The van der Waals surface area contributed by atoms with E-state index < -0.39 is 11.7 Å². The topological polar surface area (TPSA) is 75.4 Å². The third-order valence-corrected chi connectivity index (χ3v) is 4.43. The second-order valence-corrected chi connectivity index (χ2v) is 6.28. The zero-order valence-electron chi connectivity index (χ0n) is 13.7. The highest BCUT2D eigenvalue weighted by Gasteiger charge is 2.26. The van der Waals surface area contributed by atoms with Crippen molar-refractivity contribution in [1.29, 1.82) is 0 Å². The number of nitrogens with two attached hydrogens (primary N) is 1. The largest absolute Gasteiger partial charge is 0.366 e. The number of nitrogens with one attached hydrogen (secondary N) is 1. The molecule has 1 heterocycles. The van der Waals surface area contributed by atoms with Gasteiger partial charge in [0.2, 0.25) is 0 Å². The fraction of sp³-hybridized carbons (Fsp3) is 0.263. The van der Waals surface area contributed by atoms with Gasteiger partial charge in [-0.3, -0.25) is 4.79 Å². The van der Waals surface area contributed by atoms with Crippen molar-refractivity contribution >= 4 is 17.6 Å². The number of urea groups is 1. The first kappa shape index (κ1) is 17.0. The molecule has 3 N–H and O–H groups in total. The fourth-order valence-corrected chi connectivity index (χ4v) is 3.13. The van der Waals surface area contributed by atoms with Crippen LogP contribution < -0.4 is 11.1 Å². The van der Waals surface area contributed by atoms with Crippen LogP contribution in [0.1, 0.15) is 22.3 Å². The van der Waals surface area contributed by atoms with E-state index in [0.717, 1.165) is 18.9 Å². The van der Waals surface area contributed by atoms with Gasteiger partial charge in [0.05, 0.1) is 5.56 Å². The van der Waals surface area contributed by atoms with Crippen LogP contribution >= 0.6 is 0 Å². The van der Waals surface area contributed by atoms with Crippen LogP contribution in [0.25, 0.3) is 0 Å². The van der Waals surface area contributed by atoms with Gasteiger partial charge in [-0.25, -0.2) is 9.18 Å². The number of anilines is 1. The zero-order valence-corrected chi connectivity index (χ0v) is 13.7. The monoisotopic (exact) mass is 341 g/mol. The van der Waals surface area contributed by atoms with Gasteiger partial charge >= 0.3 is 6.03 Å². The molecular formula is C19H20FN3O2. The molecule has 0 saturated carbocycles. The molecule has 0 aromatic heterocycles. The Bertz CT molecular complexity index is 779. The first-order valence-electron chi connectivity index (χ1n) is 8.22. The van der Waals surface area contributed by atoms with Crippen molar-refractivity contribution in [3.63, 3.8) is 0 Å². The summed E-state index contributed by atoms with van der Waals surface area (Å²) in [6.45, 7) is 1.34. The Labute approximate surface area is 145 Å². The van der Waals surface area contributed by atoms with Crippen LogP contribution in [-0.2, 0) is 6.42 Å². The number of hydrogen-bond acceptors (Lipinski definition) is 2. The normalized spacial score (nSPS) is 16.7. The number of carbonyl (C=O) groups excluding carboxylic acids is 2. The predicted octanol–water partition coefficient (Wildman–Crippen LogP) is 3.02. The molecule has 3 amide bonds. The summed E-state index contributed by atoms with van der Waals surface area (Å²) in [5, 5.41) is 2.67. The zero-order chi connectivity index (χ0) is 17.8. The number of amides is 3. The third-order valence-electron chi connectivity index (χ3n) is 4.43. The quantitative estimate of drug-likeness (QED) is 0.897. The van der Waals surface area contributed by atoms with Crippen molar-refractivity contribution in [2.45, 2.75) is 12.8 Å². The highest BCUT2D eigenvalue weighted by atomic mass is 19.1. The number of primary amides is 1. The number of nitrogens with zero attached hydrogens (tertiary/aromatic N) is 1. The van der Waals surface area contributed by atoms with Crippen LogP contribution in [0.4, 0.5) is 14.9 Å². The Balaban J connectivity index is 1.57. The van der Waals surface area contributed by atoms with Crippen molar-refractivity contribution < 1.29 is 14.0 Å². The summed E-state index contributed by atoms with van der Waals surface area (Å²) < 4.78 is 13.8. The van der Waals surface area contributed by atoms with Crippen LogP contribution in [0.5, 0.6) is 0 Å². The molecule has 2 aromatic carbocycles. The van der Waals surface area contributed by atoms with E-state index in [-0.39, 0.29) is 11.6 Å². The van der Waals surface area contributed by atoms with Crippen LogP contribution in [0.2, 0.25) is 0 Å². The molecule has 1 aliphatic heterocycles. The van der Waals surface area contributed by atoms with Crippen LogP contribution in [0.15, 0.2) is 48.5 Å². The standard InChI is InChI=1S/C19H20FN3O2/c20-17-11-15(6-7-16(17)18(21)24)22-19(25)23-9-8-14(12-23)10-13-4-2-1-3-5-13/h1-7,11,14H,8-10,12H2,(H2,21,24)(H,22,25)/t14-/m0/s1. The molecule has 1 saturated heterocycles. The molecule has 2 aromatic rings. The molecule has 0 radical (unpaired) electrons. The van der Waals surface area contributed by atoms with E-state index in [2.05, 4.69) is 17.4 Å². The minimum atomic E-state index is -0.835. The van der Waals surface area contributed by atoms with Crippen molar-refractivity contribution in [2.75, 3.05) is 18.4 Å². The predicted molar refractivity (Wildman–Crippen MR) is 93.8 cm³/mol.